The Balaban J connectivity index is 1.35. The SMILES string of the molecule is O=C(CCCc1cccs1)N1CCC[C@@H]1c1noc(C2CC2)n1. The molecule has 23 heavy (non-hydrogen) atoms. The number of aryl methyl sites for hydroxylation is 1. The zero-order chi connectivity index (χ0) is 15.6. The fraction of sp³-hybridized carbons (Fsp3) is 0.588. The lowest BCUT2D eigenvalue weighted by atomic mass is 10.1. The Kier molecular flexibility index (Phi) is 4.16. The van der Waals surface area contributed by atoms with E-state index < -0.39 is 0 Å². The molecule has 2 aromatic rings. The molecule has 1 saturated carbocycles. The standard InChI is InChI=1S/C17H21N3O2S/c21-15(7-1-4-13-5-3-11-23-13)20-10-2-6-14(20)16-18-17(22-19-16)12-8-9-12/h3,5,11-12,14H,1-2,4,6-10H2/t14-/m1/s1. The number of rotatable bonds is 6. The molecule has 5 nitrogen and oxygen atoms in total. The molecule has 3 heterocycles. The van der Waals surface area contributed by atoms with Gasteiger partial charge in [0.1, 0.15) is 0 Å². The summed E-state index contributed by atoms with van der Waals surface area (Å²) in [7, 11) is 0. The molecule has 1 aliphatic heterocycles. The van der Waals surface area contributed by atoms with Gasteiger partial charge in [-0.05, 0) is 50.0 Å². The highest BCUT2D eigenvalue weighted by Gasteiger charge is 2.35. The van der Waals surface area contributed by atoms with Gasteiger partial charge in [-0.2, -0.15) is 4.98 Å². The minimum absolute atomic E-state index is 0.0143. The van der Waals surface area contributed by atoms with Crippen molar-refractivity contribution in [2.75, 3.05) is 6.54 Å². The molecule has 4 rings (SSSR count). The van der Waals surface area contributed by atoms with Crippen LogP contribution in [0.25, 0.3) is 0 Å². The molecule has 0 N–H and O–H groups in total. The van der Waals surface area contributed by atoms with Crippen LogP contribution in [0.4, 0.5) is 0 Å². The first-order valence-electron chi connectivity index (χ1n) is 8.46. The Morgan fingerprint density at radius 1 is 1.39 bits per heavy atom. The lowest BCUT2D eigenvalue weighted by molar-refractivity contribution is -0.132. The fourth-order valence-corrected chi connectivity index (χ4v) is 3.98. The summed E-state index contributed by atoms with van der Waals surface area (Å²) in [4.78, 5) is 20.4. The highest BCUT2D eigenvalue weighted by Crippen LogP contribution is 2.40. The summed E-state index contributed by atoms with van der Waals surface area (Å²) < 4.78 is 5.36. The second kappa shape index (κ2) is 6.43. The number of hydrogen-bond acceptors (Lipinski definition) is 5. The summed E-state index contributed by atoms with van der Waals surface area (Å²) in [6.07, 6.45) is 6.75. The smallest absolute Gasteiger partial charge is 0.229 e. The maximum atomic E-state index is 12.6. The highest BCUT2D eigenvalue weighted by atomic mass is 32.1. The van der Waals surface area contributed by atoms with Gasteiger partial charge in [-0.15, -0.1) is 11.3 Å². The lowest BCUT2D eigenvalue weighted by Gasteiger charge is -2.22. The van der Waals surface area contributed by atoms with Crippen molar-refractivity contribution < 1.29 is 9.32 Å². The topological polar surface area (TPSA) is 59.2 Å². The molecular weight excluding hydrogens is 310 g/mol. The average molecular weight is 331 g/mol. The number of hydrogen-bond donors (Lipinski definition) is 0. The van der Waals surface area contributed by atoms with Crippen molar-refractivity contribution in [3.8, 4) is 0 Å². The maximum Gasteiger partial charge on any atom is 0.229 e. The summed E-state index contributed by atoms with van der Waals surface area (Å²) in [5.41, 5.74) is 0. The lowest BCUT2D eigenvalue weighted by Crippen LogP contribution is -2.31. The molecule has 0 bridgehead atoms. The number of thiophene rings is 1. The van der Waals surface area contributed by atoms with E-state index in [1.807, 2.05) is 4.90 Å². The Morgan fingerprint density at radius 3 is 3.09 bits per heavy atom. The van der Waals surface area contributed by atoms with E-state index in [0.717, 1.165) is 51.0 Å². The normalized spacial score (nSPS) is 21.0. The molecule has 0 unspecified atom stereocenters. The van der Waals surface area contributed by atoms with Gasteiger partial charge in [0.15, 0.2) is 5.82 Å². The van der Waals surface area contributed by atoms with Crippen LogP contribution >= 0.6 is 11.3 Å². The molecule has 0 aromatic carbocycles. The molecule has 6 heteroatoms. The van der Waals surface area contributed by atoms with Crippen molar-refractivity contribution >= 4 is 17.2 Å². The zero-order valence-electron chi connectivity index (χ0n) is 13.1. The monoisotopic (exact) mass is 331 g/mol. The molecule has 1 atom stereocenters. The van der Waals surface area contributed by atoms with Crippen LogP contribution in [0.15, 0.2) is 22.0 Å². The summed E-state index contributed by atoms with van der Waals surface area (Å²) >= 11 is 1.76. The van der Waals surface area contributed by atoms with Crippen molar-refractivity contribution in [3.05, 3.63) is 34.1 Å². The number of likely N-dealkylation sites (tertiary alicyclic amines) is 1. The number of carbonyl (C=O) groups excluding carboxylic acids is 1. The van der Waals surface area contributed by atoms with Gasteiger partial charge >= 0.3 is 0 Å². The van der Waals surface area contributed by atoms with Crippen LogP contribution in [0.5, 0.6) is 0 Å². The number of nitrogens with zero attached hydrogens (tertiary/aromatic N) is 3. The molecule has 1 aliphatic carbocycles. The third-order valence-corrected chi connectivity index (χ3v) is 5.59. The predicted octanol–water partition coefficient (Wildman–Crippen LogP) is 3.69. The minimum atomic E-state index is 0.0143. The molecular formula is C17H21N3O2S. The molecule has 0 radical (unpaired) electrons. The Hall–Kier alpha value is -1.69. The van der Waals surface area contributed by atoms with Crippen LogP contribution in [-0.4, -0.2) is 27.5 Å². The number of amides is 1. The quantitative estimate of drug-likeness (QED) is 0.810. The van der Waals surface area contributed by atoms with E-state index in [2.05, 4.69) is 27.7 Å². The molecule has 122 valence electrons. The van der Waals surface area contributed by atoms with Gasteiger partial charge < -0.3 is 9.42 Å². The van der Waals surface area contributed by atoms with Crippen LogP contribution < -0.4 is 0 Å². The third kappa shape index (κ3) is 3.32. The van der Waals surface area contributed by atoms with Crippen molar-refractivity contribution in [1.29, 1.82) is 0 Å². The van der Waals surface area contributed by atoms with Crippen LogP contribution in [0.3, 0.4) is 0 Å². The Labute approximate surface area is 139 Å². The zero-order valence-corrected chi connectivity index (χ0v) is 13.9. The fourth-order valence-electron chi connectivity index (χ4n) is 3.22. The Morgan fingerprint density at radius 2 is 2.30 bits per heavy atom. The first kappa shape index (κ1) is 14.9. The summed E-state index contributed by atoms with van der Waals surface area (Å²) in [6, 6.07) is 4.21. The highest BCUT2D eigenvalue weighted by molar-refractivity contribution is 7.09. The first-order chi connectivity index (χ1) is 11.3. The van der Waals surface area contributed by atoms with Crippen LogP contribution in [0.2, 0.25) is 0 Å². The maximum absolute atomic E-state index is 12.6. The van der Waals surface area contributed by atoms with Crippen molar-refractivity contribution in [1.82, 2.24) is 15.0 Å². The van der Waals surface area contributed by atoms with Gasteiger partial charge in [0.2, 0.25) is 11.8 Å². The van der Waals surface area contributed by atoms with Crippen LogP contribution in [0.1, 0.15) is 67.1 Å². The largest absolute Gasteiger partial charge is 0.339 e. The van der Waals surface area contributed by atoms with E-state index in [-0.39, 0.29) is 11.9 Å². The van der Waals surface area contributed by atoms with Crippen LogP contribution in [-0.2, 0) is 11.2 Å². The van der Waals surface area contributed by atoms with E-state index in [4.69, 9.17) is 4.52 Å². The van der Waals surface area contributed by atoms with E-state index in [1.54, 1.807) is 11.3 Å². The van der Waals surface area contributed by atoms with E-state index in [1.165, 1.54) is 4.88 Å². The van der Waals surface area contributed by atoms with E-state index in [9.17, 15) is 4.79 Å². The number of aromatic nitrogens is 2. The molecule has 0 spiro atoms. The second-order valence-corrected chi connectivity index (χ2v) is 7.48. The molecule has 1 amide bonds. The average Bonchev–Trinajstić information content (AvgIpc) is 3.02. The predicted molar refractivity (Wildman–Crippen MR) is 87.2 cm³/mol. The van der Waals surface area contributed by atoms with Gasteiger partial charge in [0.25, 0.3) is 0 Å². The number of carbonyl (C=O) groups is 1. The van der Waals surface area contributed by atoms with E-state index >= 15 is 0 Å². The minimum Gasteiger partial charge on any atom is -0.339 e. The molecule has 1 saturated heterocycles. The van der Waals surface area contributed by atoms with Crippen molar-refractivity contribution in [3.63, 3.8) is 0 Å². The van der Waals surface area contributed by atoms with Crippen molar-refractivity contribution in [2.45, 2.75) is 56.9 Å². The third-order valence-electron chi connectivity index (χ3n) is 4.65. The Bertz CT molecular complexity index is 663. The van der Waals surface area contributed by atoms with Gasteiger partial charge in [0.05, 0.1) is 6.04 Å². The molecule has 2 fully saturated rings. The first-order valence-corrected chi connectivity index (χ1v) is 9.34. The van der Waals surface area contributed by atoms with E-state index in [0.29, 0.717) is 18.2 Å². The second-order valence-electron chi connectivity index (χ2n) is 6.44. The summed E-state index contributed by atoms with van der Waals surface area (Å²) in [5.74, 6) is 2.16. The summed E-state index contributed by atoms with van der Waals surface area (Å²) in [6.45, 7) is 0.815. The van der Waals surface area contributed by atoms with Gasteiger partial charge in [-0.25, -0.2) is 0 Å². The molecule has 2 aliphatic rings. The van der Waals surface area contributed by atoms with Gasteiger partial charge in [0, 0.05) is 23.8 Å². The van der Waals surface area contributed by atoms with Gasteiger partial charge in [-0.1, -0.05) is 11.2 Å². The van der Waals surface area contributed by atoms with Gasteiger partial charge in [-0.3, -0.25) is 4.79 Å². The summed E-state index contributed by atoms with van der Waals surface area (Å²) in [5, 5.41) is 6.22. The van der Waals surface area contributed by atoms with Crippen LogP contribution in [0, 0.1) is 0 Å². The van der Waals surface area contributed by atoms with Crippen molar-refractivity contribution in [2.24, 2.45) is 0 Å². The molecule has 2 aromatic heterocycles.